The van der Waals surface area contributed by atoms with Crippen LogP contribution < -0.4 is 16.2 Å². The van der Waals surface area contributed by atoms with E-state index >= 15 is 0 Å². The number of nitrogens with zero attached hydrogens (tertiary/aromatic N) is 2. The highest BCUT2D eigenvalue weighted by Crippen LogP contribution is 2.53. The summed E-state index contributed by atoms with van der Waals surface area (Å²) in [6, 6.07) is 22.5. The number of benzene rings is 3. The van der Waals surface area contributed by atoms with Crippen LogP contribution in [0.4, 0.5) is 11.5 Å². The number of nitrogens with one attached hydrogen (secondary N) is 1. The van der Waals surface area contributed by atoms with Crippen LogP contribution in [0, 0.1) is 18.3 Å². The molecule has 1 aliphatic heterocycles. The van der Waals surface area contributed by atoms with Gasteiger partial charge in [0, 0.05) is 22.4 Å². The molecule has 0 spiro atoms. The van der Waals surface area contributed by atoms with Gasteiger partial charge >= 0.3 is 0 Å². The molecule has 6 rings (SSSR count). The minimum Gasteiger partial charge on any atom is -0.437 e. The number of aromatic amines is 1. The lowest BCUT2D eigenvalue weighted by Crippen LogP contribution is -2.18. The largest absolute Gasteiger partial charge is 0.437 e. The summed E-state index contributed by atoms with van der Waals surface area (Å²) in [4.78, 5) is 7.93. The third-order valence-electron chi connectivity index (χ3n) is 6.33. The van der Waals surface area contributed by atoms with Gasteiger partial charge in [-0.15, -0.1) is 0 Å². The van der Waals surface area contributed by atoms with Gasteiger partial charge in [0.2, 0.25) is 5.88 Å². The molecule has 6 nitrogen and oxygen atoms in total. The second-order valence-electron chi connectivity index (χ2n) is 8.09. The van der Waals surface area contributed by atoms with Crippen LogP contribution in [0.25, 0.3) is 21.8 Å². The average Bonchev–Trinajstić information content (AvgIpc) is 3.17. The van der Waals surface area contributed by atoms with E-state index in [-0.39, 0.29) is 17.3 Å². The Morgan fingerprint density at radius 1 is 0.969 bits per heavy atom. The smallest absolute Gasteiger partial charge is 0.227 e. The van der Waals surface area contributed by atoms with Crippen molar-refractivity contribution in [2.75, 3.05) is 11.5 Å². The monoisotopic (exact) mass is 417 g/mol. The molecular formula is C26H19N5O. The Morgan fingerprint density at radius 2 is 1.75 bits per heavy atom. The molecule has 1 aliphatic rings. The van der Waals surface area contributed by atoms with E-state index in [1.54, 1.807) is 0 Å². The highest BCUT2D eigenvalue weighted by molar-refractivity contribution is 6.11. The number of hydrogen-bond acceptors (Lipinski definition) is 5. The van der Waals surface area contributed by atoms with Gasteiger partial charge in [0.05, 0.1) is 22.2 Å². The minimum absolute atomic E-state index is 0.0711. The fourth-order valence-corrected chi connectivity index (χ4v) is 4.84. The van der Waals surface area contributed by atoms with Gasteiger partial charge in [-0.3, -0.25) is 0 Å². The van der Waals surface area contributed by atoms with Crippen molar-refractivity contribution >= 4 is 33.3 Å². The lowest BCUT2D eigenvalue weighted by molar-refractivity contribution is 0.441. The summed E-state index contributed by atoms with van der Waals surface area (Å²) in [5.74, 6) is 0.907. The molecule has 6 heteroatoms. The summed E-state index contributed by atoms with van der Waals surface area (Å²) in [5, 5.41) is 11.7. The van der Waals surface area contributed by atoms with Crippen LogP contribution in [0.5, 0.6) is 11.6 Å². The van der Waals surface area contributed by atoms with Crippen LogP contribution in [0.3, 0.4) is 0 Å². The molecule has 0 radical (unpaired) electrons. The van der Waals surface area contributed by atoms with Crippen molar-refractivity contribution in [3.8, 4) is 17.7 Å². The predicted octanol–water partition coefficient (Wildman–Crippen LogP) is 5.35. The first-order valence-electron chi connectivity index (χ1n) is 10.3. The standard InChI is InChI=1S/C26H19N5O/c1-13-6-2-3-7-14(13)20-16-10-11-19-21(15-8-4-5-9-18(15)30-19)24(16)32-26-22(20)23(28)17(12-27)25(29)31-26/h2-11,20,30H,1H3,(H4,28,29,31). The van der Waals surface area contributed by atoms with E-state index < -0.39 is 0 Å². The van der Waals surface area contributed by atoms with E-state index in [1.807, 2.05) is 30.3 Å². The van der Waals surface area contributed by atoms with Gasteiger partial charge in [0.25, 0.3) is 0 Å². The predicted molar refractivity (Wildman–Crippen MR) is 126 cm³/mol. The zero-order chi connectivity index (χ0) is 22.0. The Bertz CT molecular complexity index is 1610. The van der Waals surface area contributed by atoms with Crippen molar-refractivity contribution < 1.29 is 4.74 Å². The topological polar surface area (TPSA) is 114 Å². The molecule has 5 aromatic rings. The number of fused-ring (bicyclic) bond motifs is 6. The van der Waals surface area contributed by atoms with Crippen molar-refractivity contribution in [2.45, 2.75) is 12.8 Å². The first-order chi connectivity index (χ1) is 15.6. The number of rotatable bonds is 1. The molecule has 2 aromatic heterocycles. The second kappa shape index (κ2) is 6.50. The van der Waals surface area contributed by atoms with Crippen LogP contribution in [0.2, 0.25) is 0 Å². The number of nitrogens with two attached hydrogens (primary N) is 2. The second-order valence-corrected chi connectivity index (χ2v) is 8.09. The van der Waals surface area contributed by atoms with Crippen molar-refractivity contribution in [2.24, 2.45) is 0 Å². The first kappa shape index (κ1) is 18.3. The third kappa shape index (κ3) is 2.36. The van der Waals surface area contributed by atoms with E-state index in [0.29, 0.717) is 17.1 Å². The van der Waals surface area contributed by atoms with E-state index in [1.165, 1.54) is 0 Å². The summed E-state index contributed by atoms with van der Waals surface area (Å²) < 4.78 is 6.41. The van der Waals surface area contributed by atoms with Crippen LogP contribution in [0.1, 0.15) is 33.7 Å². The number of pyridine rings is 1. The number of H-pyrrole nitrogens is 1. The summed E-state index contributed by atoms with van der Waals surface area (Å²) in [5.41, 5.74) is 18.9. The molecule has 0 amide bonds. The molecule has 0 saturated heterocycles. The maximum absolute atomic E-state index is 9.64. The minimum atomic E-state index is -0.242. The summed E-state index contributed by atoms with van der Waals surface area (Å²) >= 11 is 0. The van der Waals surface area contributed by atoms with Gasteiger partial charge in [-0.25, -0.2) is 0 Å². The average molecular weight is 417 g/mol. The molecule has 0 saturated carbocycles. The van der Waals surface area contributed by atoms with Gasteiger partial charge in [0.15, 0.2) is 0 Å². The SMILES string of the molecule is Cc1ccccc1C1c2ccc3[nH]c4ccccc4c3c2Oc2nc(N)c(C#N)c(N)c21. The number of aryl methyl sites for hydroxylation is 1. The van der Waals surface area contributed by atoms with Gasteiger partial charge in [0.1, 0.15) is 23.2 Å². The number of para-hydroxylation sites is 1. The molecule has 0 fully saturated rings. The van der Waals surface area contributed by atoms with Crippen molar-refractivity contribution in [1.82, 2.24) is 9.97 Å². The number of hydrogen-bond donors (Lipinski definition) is 3. The lowest BCUT2D eigenvalue weighted by Gasteiger charge is -2.31. The number of nitrogen functional groups attached to an aromatic ring is 2. The molecule has 0 bridgehead atoms. The van der Waals surface area contributed by atoms with Crippen molar-refractivity contribution in [3.05, 3.63) is 88.5 Å². The summed E-state index contributed by atoms with van der Waals surface area (Å²) in [6.07, 6.45) is 0. The van der Waals surface area contributed by atoms with Crippen LogP contribution in [0.15, 0.2) is 60.7 Å². The number of anilines is 2. The molecule has 0 aliphatic carbocycles. The third-order valence-corrected chi connectivity index (χ3v) is 6.33. The zero-order valence-electron chi connectivity index (χ0n) is 17.3. The highest BCUT2D eigenvalue weighted by atomic mass is 16.5. The fourth-order valence-electron chi connectivity index (χ4n) is 4.84. The Morgan fingerprint density at radius 3 is 2.56 bits per heavy atom. The molecule has 32 heavy (non-hydrogen) atoms. The quantitative estimate of drug-likeness (QED) is 0.334. The summed E-state index contributed by atoms with van der Waals surface area (Å²) in [6.45, 7) is 2.07. The van der Waals surface area contributed by atoms with Gasteiger partial charge in [-0.2, -0.15) is 10.2 Å². The van der Waals surface area contributed by atoms with E-state index in [4.69, 9.17) is 16.2 Å². The van der Waals surface area contributed by atoms with Gasteiger partial charge in [-0.05, 0) is 30.2 Å². The molecule has 3 heterocycles. The van der Waals surface area contributed by atoms with E-state index in [0.717, 1.165) is 44.2 Å². The molecular weight excluding hydrogens is 398 g/mol. The Balaban J connectivity index is 1.76. The van der Waals surface area contributed by atoms with Crippen LogP contribution in [-0.4, -0.2) is 9.97 Å². The number of aromatic nitrogens is 2. The molecule has 5 N–H and O–H groups in total. The maximum atomic E-state index is 9.64. The first-order valence-corrected chi connectivity index (χ1v) is 10.3. The summed E-state index contributed by atoms with van der Waals surface area (Å²) in [7, 11) is 0. The molecule has 154 valence electrons. The Kier molecular flexibility index (Phi) is 3.71. The number of ether oxygens (including phenoxy) is 1. The molecule has 1 atom stereocenters. The van der Waals surface area contributed by atoms with E-state index in [9.17, 15) is 5.26 Å². The van der Waals surface area contributed by atoms with Crippen molar-refractivity contribution in [3.63, 3.8) is 0 Å². The normalized spacial score (nSPS) is 14.6. The zero-order valence-corrected chi connectivity index (χ0v) is 17.3. The molecule has 1 unspecified atom stereocenters. The van der Waals surface area contributed by atoms with Gasteiger partial charge in [-0.1, -0.05) is 48.5 Å². The number of nitriles is 1. The maximum Gasteiger partial charge on any atom is 0.227 e. The van der Waals surface area contributed by atoms with Crippen LogP contribution >= 0.6 is 0 Å². The molecule has 3 aromatic carbocycles. The van der Waals surface area contributed by atoms with Gasteiger partial charge < -0.3 is 21.2 Å². The van der Waals surface area contributed by atoms with Crippen molar-refractivity contribution in [1.29, 1.82) is 5.26 Å². The highest BCUT2D eigenvalue weighted by Gasteiger charge is 2.35. The van der Waals surface area contributed by atoms with Crippen LogP contribution in [-0.2, 0) is 0 Å². The Hall–Kier alpha value is -4.50. The Labute approximate surface area is 184 Å². The van der Waals surface area contributed by atoms with E-state index in [2.05, 4.69) is 53.3 Å². The lowest BCUT2D eigenvalue weighted by atomic mass is 9.80. The fraction of sp³-hybridized carbons (Fsp3) is 0.0769.